The number of aliphatic hydroxyl groups is 3. The van der Waals surface area contributed by atoms with Crippen molar-refractivity contribution in [1.82, 2.24) is 4.90 Å². The second kappa shape index (κ2) is 10.7. The summed E-state index contributed by atoms with van der Waals surface area (Å²) in [5, 5.41) is 47.7. The lowest BCUT2D eigenvalue weighted by Crippen LogP contribution is -2.73. The predicted octanol–water partition coefficient (Wildman–Crippen LogP) is 2.14. The molecule has 12 heteroatoms. The summed E-state index contributed by atoms with van der Waals surface area (Å²) < 4.78 is 5.29. The van der Waals surface area contributed by atoms with Crippen LogP contribution in [-0.4, -0.2) is 86.3 Å². The van der Waals surface area contributed by atoms with Gasteiger partial charge in [-0.15, -0.1) is 0 Å². The van der Waals surface area contributed by atoms with E-state index in [1.807, 2.05) is 0 Å². The number of aliphatic hydroxyl groups excluding tert-OH is 2. The molecule has 3 aliphatic rings. The Labute approximate surface area is 254 Å². The minimum atomic E-state index is -2.71. The van der Waals surface area contributed by atoms with Crippen molar-refractivity contribution in [1.29, 1.82) is 0 Å². The van der Waals surface area contributed by atoms with Gasteiger partial charge in [-0.2, -0.15) is 0 Å². The molecule has 2 amide bonds. The number of primary amides is 1. The van der Waals surface area contributed by atoms with Crippen molar-refractivity contribution in [2.24, 2.45) is 23.5 Å². The number of nitrogens with two attached hydrogens (primary N) is 1. The number of anilines is 1. The molecule has 0 aliphatic heterocycles. The van der Waals surface area contributed by atoms with Crippen LogP contribution < -0.4 is 11.1 Å². The molecule has 44 heavy (non-hydrogen) atoms. The number of aromatic hydroxyl groups is 1. The number of Topliss-reactive ketones (excluding diaryl/α,β-unsaturated/α-hetero) is 2. The lowest BCUT2D eigenvalue weighted by molar-refractivity contribution is -0.184. The quantitative estimate of drug-likeness (QED) is 0.280. The molecule has 0 bridgehead atoms. The van der Waals surface area contributed by atoms with Gasteiger partial charge in [-0.1, -0.05) is 18.2 Å². The largest absolute Gasteiger partial charge is 0.507 e. The third-order valence-electron chi connectivity index (χ3n) is 8.81. The molecule has 234 valence electrons. The molecule has 0 saturated heterocycles. The molecular weight excluding hydrogens is 570 g/mol. The number of ketones is 2. The number of phenolic OH excluding ortho intramolecular Hbond substituents is 1. The van der Waals surface area contributed by atoms with E-state index in [-0.39, 0.29) is 29.7 Å². The van der Waals surface area contributed by atoms with Crippen LogP contribution >= 0.6 is 0 Å². The average Bonchev–Trinajstić information content (AvgIpc) is 2.90. The van der Waals surface area contributed by atoms with Gasteiger partial charge in [0.1, 0.15) is 23.0 Å². The van der Waals surface area contributed by atoms with Gasteiger partial charge in [-0.05, 0) is 88.5 Å². The normalized spacial score (nSPS) is 28.2. The standard InChI is InChI=1S/C32H37N3O9/c1-31(2,3)44-30(42)34-16-8-6-14(7-9-16)17-10-11-20(36)22-18(17)12-15-13-19-24(35(4)5)26(38)23(29(33)41)28(40)32(19,43)27(39)21(15)25(22)37/h6-11,15,19,23-24,26,36-38,43H,12-13H2,1-5H3,(H2,33,41)(H,34,42)/t15-,19-,23?,24-,26?,32-/m1/s1. The number of carbonyl (C=O) groups excluding carboxylic acids is 4. The Morgan fingerprint density at radius 1 is 1.07 bits per heavy atom. The molecule has 6 atom stereocenters. The third kappa shape index (κ3) is 4.92. The molecule has 0 aromatic heterocycles. The molecule has 5 rings (SSSR count). The molecule has 3 aliphatic carbocycles. The summed E-state index contributed by atoms with van der Waals surface area (Å²) in [6, 6.07) is 8.94. The Morgan fingerprint density at radius 3 is 2.27 bits per heavy atom. The maximum absolute atomic E-state index is 14.0. The van der Waals surface area contributed by atoms with Gasteiger partial charge in [-0.25, -0.2) is 4.79 Å². The van der Waals surface area contributed by atoms with Crippen molar-refractivity contribution < 1.29 is 44.3 Å². The highest BCUT2D eigenvalue weighted by Crippen LogP contribution is 2.53. The molecule has 2 fully saturated rings. The number of nitrogens with one attached hydrogen (secondary N) is 1. The number of hydrogen-bond donors (Lipinski definition) is 6. The zero-order chi connectivity index (χ0) is 32.5. The molecule has 0 spiro atoms. The average molecular weight is 608 g/mol. The summed E-state index contributed by atoms with van der Waals surface area (Å²) in [5.74, 6) is -7.91. The minimum absolute atomic E-state index is 0.000916. The minimum Gasteiger partial charge on any atom is -0.507 e. The van der Waals surface area contributed by atoms with Gasteiger partial charge in [0.05, 0.1) is 11.7 Å². The van der Waals surface area contributed by atoms with Crippen molar-refractivity contribution in [2.45, 2.75) is 57.0 Å². The Hall–Kier alpha value is -4.26. The van der Waals surface area contributed by atoms with Crippen LogP contribution in [0.5, 0.6) is 5.75 Å². The number of phenols is 1. The number of ether oxygens (including phenoxy) is 1. The fourth-order valence-electron chi connectivity index (χ4n) is 7.03. The lowest BCUT2D eigenvalue weighted by Gasteiger charge is -2.53. The topological polar surface area (TPSA) is 200 Å². The van der Waals surface area contributed by atoms with E-state index in [4.69, 9.17) is 10.5 Å². The fraction of sp³-hybridized carbons (Fsp3) is 0.438. The van der Waals surface area contributed by atoms with E-state index in [2.05, 4.69) is 5.32 Å². The van der Waals surface area contributed by atoms with E-state index in [1.165, 1.54) is 6.07 Å². The highest BCUT2D eigenvalue weighted by atomic mass is 16.6. The number of nitrogens with zero attached hydrogens (tertiary/aromatic N) is 1. The van der Waals surface area contributed by atoms with Crippen LogP contribution in [0.15, 0.2) is 42.0 Å². The second-order valence-electron chi connectivity index (χ2n) is 13.0. The van der Waals surface area contributed by atoms with Crippen molar-refractivity contribution in [3.8, 4) is 16.9 Å². The SMILES string of the molecule is CN(C)[C@H]1C(O)C(C(N)=O)C(=O)[C@]2(O)C(=O)C3=C(O)c4c(O)ccc(-c5ccc(NC(=O)OC(C)(C)C)cc5)c4C[C@@H]3C[C@H]12. The first-order chi connectivity index (χ1) is 20.5. The number of rotatable bonds is 4. The molecule has 2 aromatic rings. The Morgan fingerprint density at radius 2 is 1.70 bits per heavy atom. The second-order valence-corrected chi connectivity index (χ2v) is 13.0. The Balaban J connectivity index is 1.56. The van der Waals surface area contributed by atoms with Crippen LogP contribution in [0.1, 0.15) is 38.3 Å². The van der Waals surface area contributed by atoms with E-state index in [0.29, 0.717) is 22.4 Å². The summed E-state index contributed by atoms with van der Waals surface area (Å²) in [6.07, 6.45) is -1.98. The fourth-order valence-corrected chi connectivity index (χ4v) is 7.03. The van der Waals surface area contributed by atoms with E-state index >= 15 is 0 Å². The van der Waals surface area contributed by atoms with Crippen LogP contribution in [0.4, 0.5) is 10.5 Å². The maximum Gasteiger partial charge on any atom is 0.412 e. The van der Waals surface area contributed by atoms with Gasteiger partial charge >= 0.3 is 6.09 Å². The first-order valence-electron chi connectivity index (χ1n) is 14.3. The van der Waals surface area contributed by atoms with Crippen molar-refractivity contribution in [3.63, 3.8) is 0 Å². The number of likely N-dealkylation sites (N-methyl/N-ethyl adjacent to an activating group) is 1. The van der Waals surface area contributed by atoms with Crippen LogP contribution in [-0.2, 0) is 25.5 Å². The zero-order valence-electron chi connectivity index (χ0n) is 25.1. The first kappa shape index (κ1) is 31.2. The Bertz CT molecular complexity index is 1590. The first-order valence-corrected chi connectivity index (χ1v) is 14.3. The molecular formula is C32H37N3O9. The van der Waals surface area contributed by atoms with Gasteiger partial charge < -0.3 is 35.8 Å². The predicted molar refractivity (Wildman–Crippen MR) is 159 cm³/mol. The van der Waals surface area contributed by atoms with Crippen LogP contribution in [0, 0.1) is 17.8 Å². The van der Waals surface area contributed by atoms with Gasteiger partial charge in [-0.3, -0.25) is 19.7 Å². The van der Waals surface area contributed by atoms with Crippen LogP contribution in [0.25, 0.3) is 16.9 Å². The molecule has 12 nitrogen and oxygen atoms in total. The summed E-state index contributed by atoms with van der Waals surface area (Å²) in [7, 11) is 3.20. The van der Waals surface area contributed by atoms with E-state index < -0.39 is 70.4 Å². The number of hydrogen-bond acceptors (Lipinski definition) is 10. The summed E-state index contributed by atoms with van der Waals surface area (Å²) in [6.45, 7) is 5.27. The molecule has 2 aromatic carbocycles. The van der Waals surface area contributed by atoms with Crippen LogP contribution in [0.2, 0.25) is 0 Å². The van der Waals surface area contributed by atoms with Crippen molar-refractivity contribution in [2.75, 3.05) is 19.4 Å². The van der Waals surface area contributed by atoms with Gasteiger partial charge in [0.25, 0.3) is 0 Å². The van der Waals surface area contributed by atoms with Gasteiger partial charge in [0, 0.05) is 23.2 Å². The maximum atomic E-state index is 14.0. The number of fused-ring (bicyclic) bond motifs is 3. The van der Waals surface area contributed by atoms with Crippen LogP contribution in [0.3, 0.4) is 0 Å². The van der Waals surface area contributed by atoms with Crippen molar-refractivity contribution >= 4 is 35.0 Å². The highest BCUT2D eigenvalue weighted by Gasteiger charge is 2.67. The zero-order valence-corrected chi connectivity index (χ0v) is 25.1. The lowest BCUT2D eigenvalue weighted by atomic mass is 9.54. The highest BCUT2D eigenvalue weighted by molar-refractivity contribution is 6.25. The molecule has 0 heterocycles. The summed E-state index contributed by atoms with van der Waals surface area (Å²) >= 11 is 0. The number of benzene rings is 2. The summed E-state index contributed by atoms with van der Waals surface area (Å²) in [4.78, 5) is 53.4. The van der Waals surface area contributed by atoms with E-state index in [9.17, 15) is 39.6 Å². The Kier molecular flexibility index (Phi) is 7.60. The molecule has 2 unspecified atom stereocenters. The van der Waals surface area contributed by atoms with E-state index in [0.717, 1.165) is 0 Å². The van der Waals surface area contributed by atoms with E-state index in [1.54, 1.807) is 70.1 Å². The van der Waals surface area contributed by atoms with Gasteiger partial charge in [0.15, 0.2) is 11.4 Å². The van der Waals surface area contributed by atoms with Crippen molar-refractivity contribution in [3.05, 3.63) is 53.1 Å². The molecule has 0 radical (unpaired) electrons. The smallest absolute Gasteiger partial charge is 0.412 e. The summed E-state index contributed by atoms with van der Waals surface area (Å²) in [5.41, 5.74) is 4.21. The molecule has 7 N–H and O–H groups in total. The third-order valence-corrected chi connectivity index (χ3v) is 8.81. The number of amides is 2. The van der Waals surface area contributed by atoms with Gasteiger partial charge in [0.2, 0.25) is 11.7 Å². The monoisotopic (exact) mass is 607 g/mol. The molecule has 2 saturated carbocycles. The number of carbonyl (C=O) groups is 4.